The molecule has 2 aromatic carbocycles. The fourth-order valence-corrected chi connectivity index (χ4v) is 3.61. The summed E-state index contributed by atoms with van der Waals surface area (Å²) in [5.41, 5.74) is 10.2. The van der Waals surface area contributed by atoms with Crippen molar-refractivity contribution in [1.82, 2.24) is 4.98 Å². The number of nitrogens with two attached hydrogens (primary N) is 1. The first-order valence-corrected chi connectivity index (χ1v) is 9.06. The molecule has 4 nitrogen and oxygen atoms in total. The minimum absolute atomic E-state index is 0.00147. The van der Waals surface area contributed by atoms with Gasteiger partial charge in [0.25, 0.3) is 0 Å². The third-order valence-corrected chi connectivity index (χ3v) is 5.39. The lowest BCUT2D eigenvalue weighted by Gasteiger charge is -2.08. The molecule has 0 unspecified atom stereocenters. The molecule has 3 aromatic rings. The molecule has 26 heavy (non-hydrogen) atoms. The summed E-state index contributed by atoms with van der Waals surface area (Å²) in [6.45, 7) is 5.87. The van der Waals surface area contributed by atoms with E-state index >= 15 is 0 Å². The second-order valence-electron chi connectivity index (χ2n) is 6.07. The first-order valence-electron chi connectivity index (χ1n) is 7.87. The molecular weight excluding hydrogens is 373 g/mol. The van der Waals surface area contributed by atoms with Gasteiger partial charge < -0.3 is 11.1 Å². The zero-order valence-electron chi connectivity index (χ0n) is 14.5. The number of anilines is 3. The minimum Gasteiger partial charge on any atom is -0.382 e. The number of carbonyl (C=O) groups excluding carboxylic acids is 1. The maximum Gasteiger partial charge on any atom is 0.207 e. The zero-order chi connectivity index (χ0) is 19.0. The Morgan fingerprint density at radius 2 is 1.85 bits per heavy atom. The van der Waals surface area contributed by atoms with Gasteiger partial charge >= 0.3 is 0 Å². The summed E-state index contributed by atoms with van der Waals surface area (Å²) in [6.07, 6.45) is 0. The molecule has 0 aliphatic carbocycles. The van der Waals surface area contributed by atoms with Gasteiger partial charge in [-0.05, 0) is 61.7 Å². The van der Waals surface area contributed by atoms with E-state index in [9.17, 15) is 9.18 Å². The van der Waals surface area contributed by atoms with Crippen LogP contribution in [0.3, 0.4) is 0 Å². The van der Waals surface area contributed by atoms with Gasteiger partial charge in [-0.2, -0.15) is 0 Å². The van der Waals surface area contributed by atoms with Crippen LogP contribution in [0.1, 0.15) is 31.9 Å². The summed E-state index contributed by atoms with van der Waals surface area (Å²) in [6, 6.07) is 8.10. The number of nitrogens with zero attached hydrogens (tertiary/aromatic N) is 1. The monoisotopic (exact) mass is 389 g/mol. The molecule has 0 bridgehead atoms. The number of carbonyl (C=O) groups is 1. The van der Waals surface area contributed by atoms with Crippen molar-refractivity contribution in [3.63, 3.8) is 0 Å². The van der Waals surface area contributed by atoms with Crippen LogP contribution in [0.4, 0.5) is 21.0 Å². The summed E-state index contributed by atoms with van der Waals surface area (Å²) in [5.74, 6) is -0.504. The van der Waals surface area contributed by atoms with Crippen molar-refractivity contribution < 1.29 is 9.18 Å². The molecule has 7 heteroatoms. The van der Waals surface area contributed by atoms with E-state index in [1.165, 1.54) is 18.2 Å². The number of benzene rings is 2. The van der Waals surface area contributed by atoms with Crippen molar-refractivity contribution in [2.45, 2.75) is 20.8 Å². The van der Waals surface area contributed by atoms with Gasteiger partial charge in [0.1, 0.15) is 16.5 Å². The quantitative estimate of drug-likeness (QED) is 0.585. The maximum atomic E-state index is 13.3. The molecule has 0 aliphatic heterocycles. The summed E-state index contributed by atoms with van der Waals surface area (Å²) >= 11 is 6.93. The molecule has 0 spiro atoms. The molecule has 134 valence electrons. The summed E-state index contributed by atoms with van der Waals surface area (Å²) in [4.78, 5) is 17.5. The van der Waals surface area contributed by atoms with Gasteiger partial charge in [-0.3, -0.25) is 4.79 Å². The van der Waals surface area contributed by atoms with E-state index in [4.69, 9.17) is 17.3 Å². The highest BCUT2D eigenvalue weighted by Crippen LogP contribution is 2.31. The van der Waals surface area contributed by atoms with Crippen molar-refractivity contribution in [3.05, 3.63) is 68.3 Å². The van der Waals surface area contributed by atoms with E-state index < -0.39 is 5.82 Å². The Hall–Kier alpha value is -2.44. The minimum atomic E-state index is -0.503. The van der Waals surface area contributed by atoms with E-state index in [1.54, 1.807) is 0 Å². The van der Waals surface area contributed by atoms with Gasteiger partial charge in [-0.1, -0.05) is 29.0 Å². The average molecular weight is 390 g/mol. The van der Waals surface area contributed by atoms with Gasteiger partial charge in [0, 0.05) is 11.3 Å². The smallest absolute Gasteiger partial charge is 0.207 e. The van der Waals surface area contributed by atoms with Gasteiger partial charge in [0.2, 0.25) is 5.78 Å². The number of hydrogen-bond donors (Lipinski definition) is 2. The van der Waals surface area contributed by atoms with E-state index in [0.717, 1.165) is 28.0 Å². The highest BCUT2D eigenvalue weighted by atomic mass is 35.5. The van der Waals surface area contributed by atoms with Crippen LogP contribution < -0.4 is 11.1 Å². The molecule has 0 aliphatic rings. The van der Waals surface area contributed by atoms with Crippen LogP contribution in [-0.2, 0) is 0 Å². The van der Waals surface area contributed by atoms with E-state index in [0.29, 0.717) is 21.3 Å². The first-order chi connectivity index (χ1) is 12.3. The number of nitrogens with one attached hydrogen (secondary N) is 1. The Balaban J connectivity index is 1.91. The number of hydrogen-bond acceptors (Lipinski definition) is 5. The van der Waals surface area contributed by atoms with Crippen molar-refractivity contribution in [3.8, 4) is 0 Å². The van der Waals surface area contributed by atoms with Gasteiger partial charge in [-0.25, -0.2) is 9.37 Å². The number of aromatic nitrogens is 1. The van der Waals surface area contributed by atoms with Crippen LogP contribution in [-0.4, -0.2) is 10.8 Å². The van der Waals surface area contributed by atoms with Gasteiger partial charge in [0.05, 0.1) is 5.02 Å². The van der Waals surface area contributed by atoms with Gasteiger partial charge in [-0.15, -0.1) is 0 Å². The van der Waals surface area contributed by atoms with Crippen molar-refractivity contribution >= 4 is 45.4 Å². The molecule has 0 amide bonds. The molecule has 0 radical (unpaired) electrons. The maximum absolute atomic E-state index is 13.3. The molecule has 3 rings (SSSR count). The van der Waals surface area contributed by atoms with Crippen molar-refractivity contribution in [2.75, 3.05) is 11.1 Å². The molecule has 0 atom stereocenters. The van der Waals surface area contributed by atoms with Crippen LogP contribution in [0.2, 0.25) is 5.02 Å². The topological polar surface area (TPSA) is 68.0 Å². The molecule has 1 heterocycles. The largest absolute Gasteiger partial charge is 0.382 e. The number of halogens is 2. The molecule has 0 saturated heterocycles. The second kappa shape index (κ2) is 7.05. The lowest BCUT2D eigenvalue weighted by Crippen LogP contribution is -2.05. The predicted octanol–water partition coefficient (Wildman–Crippen LogP) is 5.42. The van der Waals surface area contributed by atoms with Crippen LogP contribution >= 0.6 is 22.9 Å². The number of nitrogen functional groups attached to an aromatic ring is 1. The fraction of sp³-hybridized carbons (Fsp3) is 0.158. The molecule has 0 saturated carbocycles. The Morgan fingerprint density at radius 1 is 1.15 bits per heavy atom. The highest BCUT2D eigenvalue weighted by Gasteiger charge is 2.20. The first kappa shape index (κ1) is 18.4. The Bertz CT molecular complexity index is 1020. The lowest BCUT2D eigenvalue weighted by atomic mass is 9.97. The van der Waals surface area contributed by atoms with Crippen LogP contribution in [0.25, 0.3) is 0 Å². The Morgan fingerprint density at radius 3 is 2.54 bits per heavy atom. The molecular formula is C19H17ClFN3OS. The molecule has 1 aromatic heterocycles. The van der Waals surface area contributed by atoms with Crippen LogP contribution in [0.5, 0.6) is 0 Å². The number of rotatable bonds is 4. The van der Waals surface area contributed by atoms with E-state index in [-0.39, 0.29) is 16.6 Å². The SMILES string of the molecule is Cc1cc(C)c(C(=O)c2sc(Nc3ccc(F)c(Cl)c3)nc2N)cc1C. The lowest BCUT2D eigenvalue weighted by molar-refractivity contribution is 0.104. The normalized spacial score (nSPS) is 10.8. The van der Waals surface area contributed by atoms with Crippen molar-refractivity contribution in [1.29, 1.82) is 0 Å². The van der Waals surface area contributed by atoms with Crippen LogP contribution in [0, 0.1) is 26.6 Å². The average Bonchev–Trinajstić information content (AvgIpc) is 2.94. The Kier molecular flexibility index (Phi) is 4.98. The zero-order valence-corrected chi connectivity index (χ0v) is 16.1. The third kappa shape index (κ3) is 3.57. The van der Waals surface area contributed by atoms with Gasteiger partial charge in [0.15, 0.2) is 5.13 Å². The standard InChI is InChI=1S/C19H17ClFN3OS/c1-9-6-11(3)13(7-10(9)2)16(25)17-18(22)24-19(26-17)23-12-4-5-15(21)14(20)8-12/h4-8H,22H2,1-3H3,(H,23,24). The summed E-state index contributed by atoms with van der Waals surface area (Å²) in [5, 5.41) is 3.44. The second-order valence-corrected chi connectivity index (χ2v) is 7.47. The molecule has 3 N–H and O–H groups in total. The summed E-state index contributed by atoms with van der Waals surface area (Å²) in [7, 11) is 0. The molecule has 0 fully saturated rings. The number of aryl methyl sites for hydroxylation is 3. The highest BCUT2D eigenvalue weighted by molar-refractivity contribution is 7.18. The third-order valence-electron chi connectivity index (χ3n) is 4.12. The van der Waals surface area contributed by atoms with Crippen molar-refractivity contribution in [2.24, 2.45) is 0 Å². The Labute approximate surface area is 159 Å². The van der Waals surface area contributed by atoms with E-state index in [2.05, 4.69) is 10.3 Å². The number of ketones is 1. The predicted molar refractivity (Wildman–Crippen MR) is 105 cm³/mol. The summed E-state index contributed by atoms with van der Waals surface area (Å²) < 4.78 is 13.3. The van der Waals surface area contributed by atoms with E-state index in [1.807, 2.05) is 32.9 Å². The van der Waals surface area contributed by atoms with Crippen LogP contribution in [0.15, 0.2) is 30.3 Å². The fourth-order valence-electron chi connectivity index (χ4n) is 2.57. The number of thiazole rings is 1.